The minimum Gasteiger partial charge on any atom is -0.467 e. The highest BCUT2D eigenvalue weighted by Gasteiger charge is 2.15. The Balaban J connectivity index is 2.82. The van der Waals surface area contributed by atoms with Crippen LogP contribution < -0.4 is 4.74 Å². The van der Waals surface area contributed by atoms with Gasteiger partial charge in [-0.05, 0) is 42.9 Å². The number of hydrogen-bond acceptors (Lipinski definition) is 6. The molecule has 0 amide bonds. The number of hydrogen-bond donors (Lipinski definition) is 0. The number of rotatable bonds is 10. The number of esters is 2. The summed E-state index contributed by atoms with van der Waals surface area (Å²) in [6.45, 7) is 5.55. The lowest BCUT2D eigenvalue weighted by Crippen LogP contribution is -2.11. The van der Waals surface area contributed by atoms with Crippen LogP contribution in [0.2, 0.25) is 0 Å². The van der Waals surface area contributed by atoms with Gasteiger partial charge in [0.15, 0.2) is 6.79 Å². The van der Waals surface area contributed by atoms with Crippen molar-refractivity contribution < 1.29 is 28.5 Å². The van der Waals surface area contributed by atoms with Crippen LogP contribution in [0.3, 0.4) is 0 Å². The van der Waals surface area contributed by atoms with Gasteiger partial charge in [0.05, 0.1) is 13.2 Å². The van der Waals surface area contributed by atoms with Gasteiger partial charge in [0, 0.05) is 21.0 Å². The summed E-state index contributed by atoms with van der Waals surface area (Å²) in [4.78, 5) is 21.9. The van der Waals surface area contributed by atoms with Crippen molar-refractivity contribution in [1.82, 2.24) is 0 Å². The van der Waals surface area contributed by atoms with Crippen molar-refractivity contribution in [3.8, 4) is 5.75 Å². The summed E-state index contributed by atoms with van der Waals surface area (Å²) in [7, 11) is 1.57. The van der Waals surface area contributed by atoms with E-state index in [-0.39, 0.29) is 24.6 Å². The van der Waals surface area contributed by atoms with Crippen LogP contribution in [0.25, 0.3) is 0 Å². The topological polar surface area (TPSA) is 71.1 Å². The first-order chi connectivity index (χ1) is 11.4. The molecule has 0 atom stereocenters. The van der Waals surface area contributed by atoms with E-state index in [0.29, 0.717) is 26.1 Å². The zero-order valence-electron chi connectivity index (χ0n) is 14.8. The third kappa shape index (κ3) is 7.46. The van der Waals surface area contributed by atoms with E-state index in [1.165, 1.54) is 13.8 Å². The van der Waals surface area contributed by atoms with E-state index >= 15 is 0 Å². The van der Waals surface area contributed by atoms with Gasteiger partial charge in [-0.25, -0.2) is 0 Å². The van der Waals surface area contributed by atoms with Gasteiger partial charge in [-0.1, -0.05) is 12.1 Å². The largest absolute Gasteiger partial charge is 0.467 e. The molecule has 0 aliphatic carbocycles. The second kappa shape index (κ2) is 10.6. The Hall–Kier alpha value is -2.08. The lowest BCUT2D eigenvalue weighted by molar-refractivity contribution is -0.141. The average Bonchev–Trinajstić information content (AvgIpc) is 2.52. The Morgan fingerprint density at radius 3 is 2.12 bits per heavy atom. The first kappa shape index (κ1) is 20.0. The van der Waals surface area contributed by atoms with Crippen molar-refractivity contribution in [2.75, 3.05) is 27.1 Å². The predicted molar refractivity (Wildman–Crippen MR) is 88.9 cm³/mol. The number of carbonyl (C=O) groups is 2. The molecule has 1 rings (SSSR count). The second-order valence-corrected chi connectivity index (χ2v) is 5.53. The van der Waals surface area contributed by atoms with E-state index in [1.54, 1.807) is 7.11 Å². The maximum absolute atomic E-state index is 11.0. The van der Waals surface area contributed by atoms with Crippen LogP contribution in [-0.2, 0) is 23.8 Å². The van der Waals surface area contributed by atoms with Crippen LogP contribution in [0, 0.1) is 6.92 Å². The van der Waals surface area contributed by atoms with Gasteiger partial charge in [-0.15, -0.1) is 0 Å². The molecule has 0 spiro atoms. The number of benzene rings is 1. The van der Waals surface area contributed by atoms with Gasteiger partial charge in [-0.3, -0.25) is 9.59 Å². The molecule has 0 aliphatic rings. The SMILES string of the molecule is COCOc1cc(C(CCOC(C)=O)CCOC(C)=O)ccc1C. The highest BCUT2D eigenvalue weighted by Crippen LogP contribution is 2.29. The average molecular weight is 338 g/mol. The van der Waals surface area contributed by atoms with Crippen LogP contribution >= 0.6 is 0 Å². The first-order valence-electron chi connectivity index (χ1n) is 7.93. The Kier molecular flexibility index (Phi) is 8.86. The van der Waals surface area contributed by atoms with Gasteiger partial charge in [-0.2, -0.15) is 0 Å². The molecule has 0 radical (unpaired) electrons. The molecule has 0 saturated carbocycles. The number of methoxy groups -OCH3 is 1. The van der Waals surface area contributed by atoms with E-state index in [4.69, 9.17) is 18.9 Å². The predicted octanol–water partition coefficient (Wildman–Crippen LogP) is 2.97. The smallest absolute Gasteiger partial charge is 0.302 e. The van der Waals surface area contributed by atoms with Gasteiger partial charge in [0.2, 0.25) is 0 Å². The van der Waals surface area contributed by atoms with Gasteiger partial charge < -0.3 is 18.9 Å². The molecule has 0 bridgehead atoms. The molecule has 1 aromatic carbocycles. The van der Waals surface area contributed by atoms with Crippen LogP contribution in [-0.4, -0.2) is 39.1 Å². The quantitative estimate of drug-likeness (QED) is 0.482. The highest BCUT2D eigenvalue weighted by atomic mass is 16.7. The molecule has 0 fully saturated rings. The summed E-state index contributed by atoms with van der Waals surface area (Å²) < 4.78 is 20.6. The molecular formula is C18H26O6. The number of ether oxygens (including phenoxy) is 4. The molecule has 0 N–H and O–H groups in total. The van der Waals surface area contributed by atoms with Crippen molar-refractivity contribution in [3.63, 3.8) is 0 Å². The molecule has 0 saturated heterocycles. The van der Waals surface area contributed by atoms with Crippen LogP contribution in [0.1, 0.15) is 43.7 Å². The van der Waals surface area contributed by atoms with E-state index < -0.39 is 0 Å². The van der Waals surface area contributed by atoms with Crippen molar-refractivity contribution in [3.05, 3.63) is 29.3 Å². The third-order valence-corrected chi connectivity index (χ3v) is 3.56. The zero-order valence-corrected chi connectivity index (χ0v) is 14.8. The lowest BCUT2D eigenvalue weighted by atomic mass is 9.92. The monoisotopic (exact) mass is 338 g/mol. The fourth-order valence-corrected chi connectivity index (χ4v) is 2.32. The van der Waals surface area contributed by atoms with Crippen LogP contribution in [0.15, 0.2) is 18.2 Å². The third-order valence-electron chi connectivity index (χ3n) is 3.56. The molecule has 134 valence electrons. The maximum atomic E-state index is 11.0. The van der Waals surface area contributed by atoms with E-state index in [0.717, 1.165) is 16.9 Å². The Morgan fingerprint density at radius 1 is 1.04 bits per heavy atom. The molecule has 0 heterocycles. The Morgan fingerprint density at radius 2 is 1.62 bits per heavy atom. The van der Waals surface area contributed by atoms with Crippen LogP contribution in [0.5, 0.6) is 5.75 Å². The second-order valence-electron chi connectivity index (χ2n) is 5.53. The molecule has 0 aromatic heterocycles. The zero-order chi connectivity index (χ0) is 17.9. The summed E-state index contributed by atoms with van der Waals surface area (Å²) in [5, 5.41) is 0. The molecule has 1 aromatic rings. The van der Waals surface area contributed by atoms with Crippen LogP contribution in [0.4, 0.5) is 0 Å². The summed E-state index contributed by atoms with van der Waals surface area (Å²) >= 11 is 0. The van der Waals surface area contributed by atoms with Gasteiger partial charge in [0.1, 0.15) is 5.75 Å². The fraction of sp³-hybridized carbons (Fsp3) is 0.556. The minimum atomic E-state index is -0.304. The summed E-state index contributed by atoms with van der Waals surface area (Å²) in [6.07, 6.45) is 1.29. The molecule has 0 aliphatic heterocycles. The van der Waals surface area contributed by atoms with Crippen molar-refractivity contribution in [2.24, 2.45) is 0 Å². The molecule has 6 nitrogen and oxygen atoms in total. The standard InChI is InChI=1S/C18H26O6/c1-13-5-6-17(11-18(13)24-12-21-4)16(7-9-22-14(2)19)8-10-23-15(3)20/h5-6,11,16H,7-10,12H2,1-4H3. The maximum Gasteiger partial charge on any atom is 0.302 e. The van der Waals surface area contributed by atoms with E-state index in [2.05, 4.69) is 0 Å². The summed E-state index contributed by atoms with van der Waals surface area (Å²) in [5.74, 6) is 0.233. The summed E-state index contributed by atoms with van der Waals surface area (Å²) in [6, 6.07) is 5.95. The lowest BCUT2D eigenvalue weighted by Gasteiger charge is -2.19. The number of aryl methyl sites for hydroxylation is 1. The van der Waals surface area contributed by atoms with Gasteiger partial charge in [0.25, 0.3) is 0 Å². The Labute approximate surface area is 143 Å². The van der Waals surface area contributed by atoms with Crippen molar-refractivity contribution >= 4 is 11.9 Å². The molecule has 24 heavy (non-hydrogen) atoms. The van der Waals surface area contributed by atoms with E-state index in [1.807, 2.05) is 25.1 Å². The van der Waals surface area contributed by atoms with E-state index in [9.17, 15) is 9.59 Å². The minimum absolute atomic E-state index is 0.0918. The van der Waals surface area contributed by atoms with Gasteiger partial charge >= 0.3 is 11.9 Å². The normalized spacial score (nSPS) is 10.5. The molecule has 6 heteroatoms. The highest BCUT2D eigenvalue weighted by molar-refractivity contribution is 5.66. The van der Waals surface area contributed by atoms with Crippen molar-refractivity contribution in [1.29, 1.82) is 0 Å². The Bertz CT molecular complexity index is 520. The number of carbonyl (C=O) groups excluding carboxylic acids is 2. The molecule has 0 unspecified atom stereocenters. The fourth-order valence-electron chi connectivity index (χ4n) is 2.32. The first-order valence-corrected chi connectivity index (χ1v) is 7.93. The molecular weight excluding hydrogens is 312 g/mol. The summed E-state index contributed by atoms with van der Waals surface area (Å²) in [5.41, 5.74) is 2.06. The van der Waals surface area contributed by atoms with Crippen molar-refractivity contribution in [2.45, 2.75) is 39.5 Å².